The summed E-state index contributed by atoms with van der Waals surface area (Å²) >= 11 is 11.9. The smallest absolute Gasteiger partial charge is 0.225 e. The standard InChI is InChI=1S/C18H16Cl2N4O/c1-11-21-18(24-23-11)17(13-5-3-2-4-6-13)22-16(25)10-12-7-8-14(19)15(20)9-12/h2-9,17H,10H2,1H3,(H,22,25)(H,21,23,24). The topological polar surface area (TPSA) is 70.7 Å². The van der Waals surface area contributed by atoms with Crippen LogP contribution in [0.4, 0.5) is 0 Å². The average molecular weight is 375 g/mol. The number of halogens is 2. The van der Waals surface area contributed by atoms with Crippen LogP contribution in [0.2, 0.25) is 10.0 Å². The van der Waals surface area contributed by atoms with Crippen molar-refractivity contribution in [3.05, 3.63) is 81.4 Å². The van der Waals surface area contributed by atoms with E-state index < -0.39 is 6.04 Å². The normalized spacial score (nSPS) is 12.0. The van der Waals surface area contributed by atoms with Gasteiger partial charge in [0, 0.05) is 0 Å². The lowest BCUT2D eigenvalue weighted by molar-refractivity contribution is -0.121. The first-order valence-corrected chi connectivity index (χ1v) is 8.45. The first-order valence-electron chi connectivity index (χ1n) is 7.70. The molecule has 128 valence electrons. The second kappa shape index (κ2) is 7.68. The van der Waals surface area contributed by atoms with Gasteiger partial charge in [-0.15, -0.1) is 0 Å². The number of amides is 1. The summed E-state index contributed by atoms with van der Waals surface area (Å²) in [5, 5.41) is 10.9. The molecule has 1 unspecified atom stereocenters. The molecule has 0 aliphatic rings. The molecule has 25 heavy (non-hydrogen) atoms. The molecule has 0 saturated carbocycles. The highest BCUT2D eigenvalue weighted by molar-refractivity contribution is 6.42. The zero-order valence-electron chi connectivity index (χ0n) is 13.5. The van der Waals surface area contributed by atoms with Crippen LogP contribution in [0, 0.1) is 6.92 Å². The predicted octanol–water partition coefficient (Wildman–Crippen LogP) is 3.87. The number of nitrogens with one attached hydrogen (secondary N) is 2. The van der Waals surface area contributed by atoms with Crippen LogP contribution in [-0.4, -0.2) is 21.1 Å². The number of benzene rings is 2. The molecule has 1 aromatic heterocycles. The number of hydrogen-bond acceptors (Lipinski definition) is 3. The largest absolute Gasteiger partial charge is 0.342 e. The number of H-pyrrole nitrogens is 1. The van der Waals surface area contributed by atoms with Crippen LogP contribution in [0.1, 0.15) is 28.8 Å². The minimum absolute atomic E-state index is 0.158. The Morgan fingerprint density at radius 3 is 2.56 bits per heavy atom. The third-order valence-corrected chi connectivity index (χ3v) is 4.40. The summed E-state index contributed by atoms with van der Waals surface area (Å²) in [6, 6.07) is 14.3. The van der Waals surface area contributed by atoms with Gasteiger partial charge in [0.05, 0.1) is 16.5 Å². The van der Waals surface area contributed by atoms with E-state index in [1.54, 1.807) is 18.2 Å². The molecule has 7 heteroatoms. The number of rotatable bonds is 5. The van der Waals surface area contributed by atoms with Crippen molar-refractivity contribution in [2.75, 3.05) is 0 Å². The highest BCUT2D eigenvalue weighted by atomic mass is 35.5. The Hall–Kier alpha value is -2.37. The summed E-state index contributed by atoms with van der Waals surface area (Å²) in [4.78, 5) is 16.9. The molecule has 1 amide bonds. The average Bonchev–Trinajstić information content (AvgIpc) is 3.03. The molecule has 1 atom stereocenters. The molecule has 0 fully saturated rings. The fraction of sp³-hybridized carbons (Fsp3) is 0.167. The van der Waals surface area contributed by atoms with Crippen LogP contribution in [-0.2, 0) is 11.2 Å². The number of hydrogen-bond donors (Lipinski definition) is 2. The van der Waals surface area contributed by atoms with E-state index in [0.29, 0.717) is 21.7 Å². The molecule has 0 radical (unpaired) electrons. The van der Waals surface area contributed by atoms with Crippen LogP contribution in [0.5, 0.6) is 0 Å². The zero-order valence-corrected chi connectivity index (χ0v) is 15.0. The van der Waals surface area contributed by atoms with Crippen LogP contribution in [0.15, 0.2) is 48.5 Å². The maximum absolute atomic E-state index is 12.5. The van der Waals surface area contributed by atoms with E-state index in [9.17, 15) is 4.79 Å². The Balaban J connectivity index is 1.80. The Bertz CT molecular complexity index is 880. The molecule has 0 bridgehead atoms. The van der Waals surface area contributed by atoms with E-state index in [-0.39, 0.29) is 12.3 Å². The molecular formula is C18H16Cl2N4O. The van der Waals surface area contributed by atoms with Gasteiger partial charge in [0.1, 0.15) is 11.9 Å². The number of carbonyl (C=O) groups is 1. The summed E-state index contributed by atoms with van der Waals surface area (Å²) in [7, 11) is 0. The van der Waals surface area contributed by atoms with Crippen molar-refractivity contribution < 1.29 is 4.79 Å². The number of carbonyl (C=O) groups excluding carboxylic acids is 1. The second-order valence-corrected chi connectivity index (χ2v) is 6.43. The van der Waals surface area contributed by atoms with E-state index in [1.165, 1.54) is 0 Å². The predicted molar refractivity (Wildman–Crippen MR) is 97.7 cm³/mol. The summed E-state index contributed by atoms with van der Waals surface area (Å²) in [5.74, 6) is 1.05. The van der Waals surface area contributed by atoms with Crippen molar-refractivity contribution in [2.24, 2.45) is 0 Å². The van der Waals surface area contributed by atoms with E-state index in [1.807, 2.05) is 37.3 Å². The van der Waals surface area contributed by atoms with Crippen LogP contribution < -0.4 is 5.32 Å². The van der Waals surface area contributed by atoms with E-state index in [0.717, 1.165) is 11.1 Å². The number of aromatic nitrogens is 3. The fourth-order valence-electron chi connectivity index (χ4n) is 2.48. The Morgan fingerprint density at radius 2 is 1.92 bits per heavy atom. The van der Waals surface area contributed by atoms with Gasteiger partial charge in [-0.1, -0.05) is 59.6 Å². The van der Waals surface area contributed by atoms with Crippen molar-refractivity contribution in [2.45, 2.75) is 19.4 Å². The van der Waals surface area contributed by atoms with Crippen LogP contribution in [0.3, 0.4) is 0 Å². The molecule has 3 rings (SSSR count). The van der Waals surface area contributed by atoms with E-state index in [4.69, 9.17) is 23.2 Å². The van der Waals surface area contributed by atoms with Crippen LogP contribution in [0.25, 0.3) is 0 Å². The lowest BCUT2D eigenvalue weighted by atomic mass is 10.1. The van der Waals surface area contributed by atoms with E-state index in [2.05, 4.69) is 20.5 Å². The maximum atomic E-state index is 12.5. The molecular weight excluding hydrogens is 359 g/mol. The molecule has 5 nitrogen and oxygen atoms in total. The van der Waals surface area contributed by atoms with Gasteiger partial charge in [0.25, 0.3) is 0 Å². The summed E-state index contributed by atoms with van der Waals surface area (Å²) in [6.45, 7) is 1.82. The van der Waals surface area contributed by atoms with Gasteiger partial charge in [-0.2, -0.15) is 5.10 Å². The fourth-order valence-corrected chi connectivity index (χ4v) is 2.80. The summed E-state index contributed by atoms with van der Waals surface area (Å²) in [5.41, 5.74) is 1.69. The lowest BCUT2D eigenvalue weighted by Crippen LogP contribution is -2.31. The number of aryl methyl sites for hydroxylation is 1. The SMILES string of the molecule is Cc1nc(C(NC(=O)Cc2ccc(Cl)c(Cl)c2)c2ccccc2)n[nH]1. The van der Waals surface area contributed by atoms with Gasteiger partial charge in [-0.3, -0.25) is 9.89 Å². The van der Waals surface area contributed by atoms with E-state index >= 15 is 0 Å². The van der Waals surface area contributed by atoms with Crippen molar-refractivity contribution in [1.29, 1.82) is 0 Å². The lowest BCUT2D eigenvalue weighted by Gasteiger charge is -2.16. The van der Waals surface area contributed by atoms with Gasteiger partial charge >= 0.3 is 0 Å². The Labute approximate surface area is 155 Å². The molecule has 0 saturated heterocycles. The third kappa shape index (κ3) is 4.38. The quantitative estimate of drug-likeness (QED) is 0.711. The molecule has 1 heterocycles. The van der Waals surface area contributed by atoms with Gasteiger partial charge in [-0.05, 0) is 30.2 Å². The van der Waals surface area contributed by atoms with Crippen molar-refractivity contribution in [3.63, 3.8) is 0 Å². The van der Waals surface area contributed by atoms with Gasteiger partial charge < -0.3 is 5.32 Å². The Kier molecular flexibility index (Phi) is 5.36. The number of nitrogens with zero attached hydrogens (tertiary/aromatic N) is 2. The first kappa shape index (κ1) is 17.5. The van der Waals surface area contributed by atoms with Gasteiger partial charge in [0.2, 0.25) is 5.91 Å². The highest BCUT2D eigenvalue weighted by Gasteiger charge is 2.21. The molecule has 0 spiro atoms. The van der Waals surface area contributed by atoms with Crippen LogP contribution >= 0.6 is 23.2 Å². The summed E-state index contributed by atoms with van der Waals surface area (Å²) in [6.07, 6.45) is 0.184. The minimum atomic E-state index is -0.429. The monoisotopic (exact) mass is 374 g/mol. The highest BCUT2D eigenvalue weighted by Crippen LogP contribution is 2.23. The van der Waals surface area contributed by atoms with Crippen molar-refractivity contribution >= 4 is 29.1 Å². The molecule has 3 aromatic rings. The minimum Gasteiger partial charge on any atom is -0.342 e. The second-order valence-electron chi connectivity index (χ2n) is 5.62. The molecule has 0 aliphatic heterocycles. The maximum Gasteiger partial charge on any atom is 0.225 e. The summed E-state index contributed by atoms with van der Waals surface area (Å²) < 4.78 is 0. The van der Waals surface area contributed by atoms with Gasteiger partial charge in [0.15, 0.2) is 5.82 Å². The molecule has 2 N–H and O–H groups in total. The first-order chi connectivity index (χ1) is 12.0. The Morgan fingerprint density at radius 1 is 1.16 bits per heavy atom. The van der Waals surface area contributed by atoms with Gasteiger partial charge in [-0.25, -0.2) is 4.98 Å². The zero-order chi connectivity index (χ0) is 17.8. The molecule has 2 aromatic carbocycles. The number of aromatic amines is 1. The molecule has 0 aliphatic carbocycles. The van der Waals surface area contributed by atoms with Crippen molar-refractivity contribution in [3.8, 4) is 0 Å². The van der Waals surface area contributed by atoms with Crippen molar-refractivity contribution in [1.82, 2.24) is 20.5 Å². The third-order valence-electron chi connectivity index (χ3n) is 3.66.